The van der Waals surface area contributed by atoms with Crippen LogP contribution in [0.15, 0.2) is 42.7 Å². The molecule has 2 amide bonds. The molecular formula is C19H23N5O. The summed E-state index contributed by atoms with van der Waals surface area (Å²) < 4.78 is 0. The molecule has 2 aromatic heterocycles. The lowest BCUT2D eigenvalue weighted by Gasteiger charge is -2.42. The lowest BCUT2D eigenvalue weighted by Crippen LogP contribution is -2.57. The highest BCUT2D eigenvalue weighted by molar-refractivity contribution is 5.80. The van der Waals surface area contributed by atoms with E-state index in [1.54, 1.807) is 12.4 Å². The third kappa shape index (κ3) is 3.07. The minimum Gasteiger partial charge on any atom is -0.352 e. The molecule has 6 heteroatoms. The first-order chi connectivity index (χ1) is 11.7. The summed E-state index contributed by atoms with van der Waals surface area (Å²) in [6, 6.07) is 9.44. The molecule has 0 bridgehead atoms. The highest BCUT2D eigenvalue weighted by atomic mass is 16.2. The number of rotatable bonds is 4. The number of hydrogen-bond donors (Lipinski definition) is 3. The van der Waals surface area contributed by atoms with Gasteiger partial charge in [-0.1, -0.05) is 19.9 Å². The normalized spacial score (nSPS) is 12.3. The lowest BCUT2D eigenvalue weighted by molar-refractivity contribution is 0.212. The Morgan fingerprint density at radius 2 is 1.80 bits per heavy atom. The number of carbonyl (C=O) groups is 1. The SMILES string of the molecule is CC(C)(NC(N)=O)C(C)(C)c1ccc2[nH]c(-c3ccncc3)nc2c1. The number of imidazole rings is 1. The number of primary amides is 1. The Morgan fingerprint density at radius 3 is 2.44 bits per heavy atom. The van der Waals surface area contributed by atoms with E-state index in [-0.39, 0.29) is 5.41 Å². The van der Waals surface area contributed by atoms with Crippen LogP contribution in [-0.4, -0.2) is 26.5 Å². The van der Waals surface area contributed by atoms with Gasteiger partial charge in [-0.3, -0.25) is 4.98 Å². The fourth-order valence-corrected chi connectivity index (χ4v) is 2.87. The molecule has 1 aromatic carbocycles. The minimum atomic E-state index is -0.529. The molecule has 3 rings (SSSR count). The van der Waals surface area contributed by atoms with Crippen LogP contribution >= 0.6 is 0 Å². The third-order valence-electron chi connectivity index (χ3n) is 5.16. The molecule has 0 fully saturated rings. The van der Waals surface area contributed by atoms with Crippen molar-refractivity contribution in [2.45, 2.75) is 38.6 Å². The Balaban J connectivity index is 2.02. The molecule has 2 heterocycles. The van der Waals surface area contributed by atoms with Gasteiger partial charge in [0.1, 0.15) is 5.82 Å². The monoisotopic (exact) mass is 337 g/mol. The van der Waals surface area contributed by atoms with Gasteiger partial charge in [0.05, 0.1) is 11.0 Å². The van der Waals surface area contributed by atoms with Crippen LogP contribution in [0.5, 0.6) is 0 Å². The van der Waals surface area contributed by atoms with E-state index in [1.165, 1.54) is 0 Å². The van der Waals surface area contributed by atoms with Gasteiger partial charge < -0.3 is 16.0 Å². The fraction of sp³-hybridized carbons (Fsp3) is 0.316. The molecule has 25 heavy (non-hydrogen) atoms. The second kappa shape index (κ2) is 5.88. The van der Waals surface area contributed by atoms with Crippen molar-refractivity contribution in [3.8, 4) is 11.4 Å². The number of nitrogens with two attached hydrogens (primary N) is 1. The van der Waals surface area contributed by atoms with Crippen molar-refractivity contribution in [3.63, 3.8) is 0 Å². The van der Waals surface area contributed by atoms with E-state index in [0.29, 0.717) is 0 Å². The van der Waals surface area contributed by atoms with Crippen molar-refractivity contribution >= 4 is 17.1 Å². The van der Waals surface area contributed by atoms with Crippen molar-refractivity contribution in [1.82, 2.24) is 20.3 Å². The molecule has 0 aliphatic rings. The second-order valence-electron chi connectivity index (χ2n) is 7.29. The standard InChI is InChI=1S/C19H23N5O/c1-18(2,19(3,4)24-17(20)25)13-5-6-14-15(11-13)23-16(22-14)12-7-9-21-10-8-12/h5-11H,1-4H3,(H,22,23)(H3,20,24,25). The lowest BCUT2D eigenvalue weighted by atomic mass is 9.69. The van der Waals surface area contributed by atoms with Crippen LogP contribution in [0, 0.1) is 0 Å². The number of urea groups is 1. The molecule has 6 nitrogen and oxygen atoms in total. The van der Waals surface area contributed by atoms with Crippen molar-refractivity contribution in [1.29, 1.82) is 0 Å². The summed E-state index contributed by atoms with van der Waals surface area (Å²) in [5.41, 5.74) is 8.39. The first kappa shape index (κ1) is 17.0. The average molecular weight is 337 g/mol. The highest BCUT2D eigenvalue weighted by Gasteiger charge is 2.39. The number of nitrogens with zero attached hydrogens (tertiary/aromatic N) is 2. The fourth-order valence-electron chi connectivity index (χ4n) is 2.87. The molecular weight excluding hydrogens is 314 g/mol. The van der Waals surface area contributed by atoms with Crippen LogP contribution in [0.2, 0.25) is 0 Å². The molecule has 0 aliphatic heterocycles. The van der Waals surface area contributed by atoms with Crippen LogP contribution < -0.4 is 11.1 Å². The zero-order valence-corrected chi connectivity index (χ0v) is 14.9. The van der Waals surface area contributed by atoms with Gasteiger partial charge in [-0.05, 0) is 43.7 Å². The molecule has 0 spiro atoms. The smallest absolute Gasteiger partial charge is 0.312 e. The van der Waals surface area contributed by atoms with E-state index in [2.05, 4.69) is 41.3 Å². The number of aromatic amines is 1. The molecule has 0 aliphatic carbocycles. The Hall–Kier alpha value is -2.89. The average Bonchev–Trinajstić information content (AvgIpc) is 2.97. The maximum atomic E-state index is 11.4. The molecule has 3 aromatic rings. The second-order valence-corrected chi connectivity index (χ2v) is 7.29. The number of carbonyl (C=O) groups excluding carboxylic acids is 1. The maximum Gasteiger partial charge on any atom is 0.312 e. The van der Waals surface area contributed by atoms with Crippen molar-refractivity contribution < 1.29 is 4.79 Å². The van der Waals surface area contributed by atoms with Crippen molar-refractivity contribution in [2.24, 2.45) is 5.73 Å². The summed E-state index contributed by atoms with van der Waals surface area (Å²) in [4.78, 5) is 23.4. The number of fused-ring (bicyclic) bond motifs is 1. The van der Waals surface area contributed by atoms with E-state index in [0.717, 1.165) is 28.0 Å². The summed E-state index contributed by atoms with van der Waals surface area (Å²) in [5, 5.41) is 2.84. The quantitative estimate of drug-likeness (QED) is 0.681. The van der Waals surface area contributed by atoms with E-state index >= 15 is 0 Å². The van der Waals surface area contributed by atoms with E-state index in [1.807, 2.05) is 32.0 Å². The minimum absolute atomic E-state index is 0.341. The van der Waals surface area contributed by atoms with Gasteiger partial charge in [-0.2, -0.15) is 0 Å². The Labute approximate surface area is 146 Å². The zero-order valence-electron chi connectivity index (χ0n) is 14.9. The Bertz CT molecular complexity index is 912. The number of pyridine rings is 1. The summed E-state index contributed by atoms with van der Waals surface area (Å²) in [7, 11) is 0. The molecule has 0 unspecified atom stereocenters. The molecule has 0 atom stereocenters. The third-order valence-corrected chi connectivity index (χ3v) is 5.16. The molecule has 0 saturated heterocycles. The summed E-state index contributed by atoms with van der Waals surface area (Å²) >= 11 is 0. The number of amides is 2. The van der Waals surface area contributed by atoms with Gasteiger partial charge in [-0.25, -0.2) is 9.78 Å². The Morgan fingerprint density at radius 1 is 1.12 bits per heavy atom. The van der Waals surface area contributed by atoms with Gasteiger partial charge in [0.15, 0.2) is 0 Å². The topological polar surface area (TPSA) is 96.7 Å². The molecule has 4 N–H and O–H groups in total. The number of aromatic nitrogens is 3. The van der Waals surface area contributed by atoms with Crippen LogP contribution in [-0.2, 0) is 5.41 Å². The van der Waals surface area contributed by atoms with Gasteiger partial charge in [0.2, 0.25) is 0 Å². The predicted octanol–water partition coefficient (Wildman–Crippen LogP) is 3.35. The predicted molar refractivity (Wildman–Crippen MR) is 99.1 cm³/mol. The highest BCUT2D eigenvalue weighted by Crippen LogP contribution is 2.36. The van der Waals surface area contributed by atoms with Gasteiger partial charge in [-0.15, -0.1) is 0 Å². The van der Waals surface area contributed by atoms with Crippen LogP contribution in [0.3, 0.4) is 0 Å². The number of nitrogens with one attached hydrogen (secondary N) is 2. The van der Waals surface area contributed by atoms with Crippen LogP contribution in [0.25, 0.3) is 22.4 Å². The van der Waals surface area contributed by atoms with Crippen molar-refractivity contribution in [3.05, 3.63) is 48.3 Å². The molecule has 0 saturated carbocycles. The summed E-state index contributed by atoms with van der Waals surface area (Å²) in [6.45, 7) is 8.10. The summed E-state index contributed by atoms with van der Waals surface area (Å²) in [5.74, 6) is 0.807. The van der Waals surface area contributed by atoms with Crippen LogP contribution in [0.4, 0.5) is 4.79 Å². The zero-order chi connectivity index (χ0) is 18.2. The first-order valence-corrected chi connectivity index (χ1v) is 8.19. The van der Waals surface area contributed by atoms with Gasteiger partial charge in [0.25, 0.3) is 0 Å². The first-order valence-electron chi connectivity index (χ1n) is 8.19. The number of hydrogen-bond acceptors (Lipinski definition) is 3. The molecule has 0 radical (unpaired) electrons. The van der Waals surface area contributed by atoms with E-state index < -0.39 is 11.6 Å². The van der Waals surface area contributed by atoms with Gasteiger partial charge in [0, 0.05) is 28.9 Å². The number of benzene rings is 1. The Kier molecular flexibility index (Phi) is 3.99. The van der Waals surface area contributed by atoms with E-state index in [4.69, 9.17) is 10.7 Å². The summed E-state index contributed by atoms with van der Waals surface area (Å²) in [6.07, 6.45) is 3.49. The maximum absolute atomic E-state index is 11.4. The van der Waals surface area contributed by atoms with Gasteiger partial charge >= 0.3 is 6.03 Å². The van der Waals surface area contributed by atoms with E-state index in [9.17, 15) is 4.79 Å². The largest absolute Gasteiger partial charge is 0.352 e. The van der Waals surface area contributed by atoms with Crippen molar-refractivity contribution in [2.75, 3.05) is 0 Å². The number of H-pyrrole nitrogens is 1. The van der Waals surface area contributed by atoms with Crippen LogP contribution in [0.1, 0.15) is 33.3 Å². The molecule has 130 valence electrons.